The number of carbonyl (C=O) groups excluding carboxylic acids is 1. The number of nitrogens with zero attached hydrogens (tertiary/aromatic N) is 4. The quantitative estimate of drug-likeness (QED) is 0.830. The molecule has 6 nitrogen and oxygen atoms in total. The first-order valence-corrected chi connectivity index (χ1v) is 6.70. The molecule has 1 saturated heterocycles. The summed E-state index contributed by atoms with van der Waals surface area (Å²) in [5, 5.41) is 4.20. The van der Waals surface area contributed by atoms with Gasteiger partial charge >= 0.3 is 0 Å². The lowest BCUT2D eigenvalue weighted by Gasteiger charge is -2.32. The lowest BCUT2D eigenvalue weighted by atomic mass is 10.1. The summed E-state index contributed by atoms with van der Waals surface area (Å²) in [6.07, 6.45) is 5.77. The first-order chi connectivity index (χ1) is 9.04. The Hall–Kier alpha value is -1.40. The number of hydrogen-bond donors (Lipinski definition) is 1. The van der Waals surface area contributed by atoms with Crippen LogP contribution in [0.5, 0.6) is 0 Å². The van der Waals surface area contributed by atoms with E-state index in [9.17, 15) is 4.79 Å². The van der Waals surface area contributed by atoms with Crippen LogP contribution in [0.3, 0.4) is 0 Å². The monoisotopic (exact) mass is 265 g/mol. The van der Waals surface area contributed by atoms with Gasteiger partial charge in [0.25, 0.3) is 0 Å². The number of nitrogens with two attached hydrogens (primary N) is 1. The number of hydrogen-bond acceptors (Lipinski definition) is 4. The second-order valence-electron chi connectivity index (χ2n) is 5.33. The van der Waals surface area contributed by atoms with Gasteiger partial charge in [-0.2, -0.15) is 5.10 Å². The Labute approximate surface area is 114 Å². The summed E-state index contributed by atoms with van der Waals surface area (Å²) in [6, 6.07) is 0.0221. The minimum absolute atomic E-state index is 0.0521. The van der Waals surface area contributed by atoms with E-state index in [0.717, 1.165) is 24.9 Å². The molecule has 0 aliphatic carbocycles. The van der Waals surface area contributed by atoms with Crippen molar-refractivity contribution in [2.45, 2.75) is 24.9 Å². The summed E-state index contributed by atoms with van der Waals surface area (Å²) in [6.45, 7) is 1.42. The maximum atomic E-state index is 12.2. The molecule has 2 N–H and O–H groups in total. The highest BCUT2D eigenvalue weighted by atomic mass is 16.2. The van der Waals surface area contributed by atoms with Crippen LogP contribution in [0.25, 0.3) is 0 Å². The molecule has 0 saturated carbocycles. The smallest absolute Gasteiger partial charge is 0.239 e. The first kappa shape index (κ1) is 14.0. The molecule has 1 aliphatic heterocycles. The Morgan fingerprint density at radius 3 is 2.89 bits per heavy atom. The Kier molecular flexibility index (Phi) is 4.21. The van der Waals surface area contributed by atoms with E-state index < -0.39 is 0 Å². The van der Waals surface area contributed by atoms with E-state index in [4.69, 9.17) is 5.73 Å². The third-order valence-corrected chi connectivity index (χ3v) is 3.75. The van der Waals surface area contributed by atoms with E-state index in [2.05, 4.69) is 10.00 Å². The average Bonchev–Trinajstić information content (AvgIpc) is 2.99. The van der Waals surface area contributed by atoms with Crippen LogP contribution in [-0.4, -0.2) is 58.7 Å². The van der Waals surface area contributed by atoms with Gasteiger partial charge in [0.2, 0.25) is 5.91 Å². The van der Waals surface area contributed by atoms with Crippen LogP contribution in [0.2, 0.25) is 0 Å². The molecule has 1 aromatic rings. The summed E-state index contributed by atoms with van der Waals surface area (Å²) in [5.74, 6) is 0.167. The van der Waals surface area contributed by atoms with Crippen LogP contribution < -0.4 is 5.73 Å². The molecule has 2 atom stereocenters. The van der Waals surface area contributed by atoms with Gasteiger partial charge in [-0.3, -0.25) is 14.4 Å². The third kappa shape index (κ3) is 2.79. The Bertz CT molecular complexity index is 442. The summed E-state index contributed by atoms with van der Waals surface area (Å²) >= 11 is 0. The minimum Gasteiger partial charge on any atom is -0.347 e. The Morgan fingerprint density at radius 1 is 1.63 bits per heavy atom. The van der Waals surface area contributed by atoms with Gasteiger partial charge in [0.05, 0.1) is 18.3 Å². The molecular formula is C13H23N5O. The number of likely N-dealkylation sites (N-methyl/N-ethyl adjacent to an activating group) is 1. The van der Waals surface area contributed by atoms with Crippen LogP contribution >= 0.6 is 0 Å². The van der Waals surface area contributed by atoms with Crippen LogP contribution in [0.15, 0.2) is 12.4 Å². The highest BCUT2D eigenvalue weighted by Crippen LogP contribution is 2.29. The van der Waals surface area contributed by atoms with Crippen molar-refractivity contribution >= 4 is 5.91 Å². The number of amides is 1. The fraction of sp³-hybridized carbons (Fsp3) is 0.692. The van der Waals surface area contributed by atoms with E-state index >= 15 is 0 Å². The molecule has 2 rings (SSSR count). The Morgan fingerprint density at radius 2 is 2.37 bits per heavy atom. The molecular weight excluding hydrogens is 242 g/mol. The second-order valence-corrected chi connectivity index (χ2v) is 5.33. The van der Waals surface area contributed by atoms with Crippen LogP contribution in [-0.2, 0) is 11.8 Å². The number of aryl methyl sites for hydroxylation is 1. The number of rotatable bonds is 4. The van der Waals surface area contributed by atoms with Crippen molar-refractivity contribution in [2.75, 3.05) is 27.2 Å². The molecule has 0 radical (unpaired) electrons. The maximum absolute atomic E-state index is 12.2. The molecule has 106 valence electrons. The van der Waals surface area contributed by atoms with E-state index in [1.807, 2.05) is 19.4 Å². The molecule has 0 bridgehead atoms. The van der Waals surface area contributed by atoms with Crippen molar-refractivity contribution in [3.63, 3.8) is 0 Å². The standard InChI is InChI=1S/C13H23N5O/c1-16(2)13(19)11-5-4-6-18(11)12(7-14)10-8-15-17(3)9-10/h8-9,11-12H,4-7,14H2,1-3H3. The van der Waals surface area contributed by atoms with Gasteiger partial charge in [0.1, 0.15) is 0 Å². The fourth-order valence-corrected chi connectivity index (χ4v) is 2.80. The molecule has 0 aromatic carbocycles. The van der Waals surface area contributed by atoms with Gasteiger partial charge in [0, 0.05) is 39.4 Å². The normalized spacial score (nSPS) is 21.6. The Balaban J connectivity index is 2.20. The molecule has 1 aliphatic rings. The summed E-state index contributed by atoms with van der Waals surface area (Å²) in [7, 11) is 5.50. The third-order valence-electron chi connectivity index (χ3n) is 3.75. The molecule has 1 aromatic heterocycles. The van der Waals surface area contributed by atoms with Crippen LogP contribution in [0.4, 0.5) is 0 Å². The lowest BCUT2D eigenvalue weighted by Crippen LogP contribution is -2.45. The van der Waals surface area contributed by atoms with Crippen molar-refractivity contribution in [2.24, 2.45) is 12.8 Å². The van der Waals surface area contributed by atoms with E-state index in [0.29, 0.717) is 6.54 Å². The largest absolute Gasteiger partial charge is 0.347 e. The SMILES string of the molecule is CN(C)C(=O)C1CCCN1C(CN)c1cnn(C)c1. The lowest BCUT2D eigenvalue weighted by molar-refractivity contribution is -0.134. The molecule has 19 heavy (non-hydrogen) atoms. The molecule has 1 fully saturated rings. The molecule has 6 heteroatoms. The second kappa shape index (κ2) is 5.71. The number of likely N-dealkylation sites (tertiary alicyclic amines) is 1. The molecule has 2 unspecified atom stereocenters. The molecule has 2 heterocycles. The van der Waals surface area contributed by atoms with Gasteiger partial charge in [-0.25, -0.2) is 0 Å². The zero-order valence-corrected chi connectivity index (χ0v) is 11.9. The van der Waals surface area contributed by atoms with Crippen molar-refractivity contribution in [1.82, 2.24) is 19.6 Å². The van der Waals surface area contributed by atoms with Gasteiger partial charge in [-0.15, -0.1) is 0 Å². The zero-order chi connectivity index (χ0) is 14.0. The van der Waals surface area contributed by atoms with Gasteiger partial charge in [0.15, 0.2) is 0 Å². The number of carbonyl (C=O) groups is 1. The van der Waals surface area contributed by atoms with Gasteiger partial charge < -0.3 is 10.6 Å². The van der Waals surface area contributed by atoms with Crippen LogP contribution in [0.1, 0.15) is 24.4 Å². The summed E-state index contributed by atoms with van der Waals surface area (Å²) in [5.41, 5.74) is 7.02. The van der Waals surface area contributed by atoms with Gasteiger partial charge in [-0.1, -0.05) is 0 Å². The zero-order valence-electron chi connectivity index (χ0n) is 11.9. The number of aromatic nitrogens is 2. The highest BCUT2D eigenvalue weighted by molar-refractivity contribution is 5.81. The van der Waals surface area contributed by atoms with Crippen LogP contribution in [0, 0.1) is 0 Å². The summed E-state index contributed by atoms with van der Waals surface area (Å²) < 4.78 is 1.77. The maximum Gasteiger partial charge on any atom is 0.239 e. The highest BCUT2D eigenvalue weighted by Gasteiger charge is 2.36. The minimum atomic E-state index is -0.0521. The molecule has 0 spiro atoms. The molecule has 1 amide bonds. The van der Waals surface area contributed by atoms with E-state index in [1.165, 1.54) is 0 Å². The van der Waals surface area contributed by atoms with Gasteiger partial charge in [-0.05, 0) is 19.4 Å². The predicted molar refractivity (Wildman–Crippen MR) is 73.4 cm³/mol. The predicted octanol–water partition coefficient (Wildman–Crippen LogP) is -0.0275. The van der Waals surface area contributed by atoms with Crippen molar-refractivity contribution in [1.29, 1.82) is 0 Å². The van der Waals surface area contributed by atoms with Crippen molar-refractivity contribution < 1.29 is 4.79 Å². The fourth-order valence-electron chi connectivity index (χ4n) is 2.80. The average molecular weight is 265 g/mol. The van der Waals surface area contributed by atoms with Crippen molar-refractivity contribution in [3.8, 4) is 0 Å². The van der Waals surface area contributed by atoms with Crippen molar-refractivity contribution in [3.05, 3.63) is 18.0 Å². The van der Waals surface area contributed by atoms with E-state index in [-0.39, 0.29) is 18.0 Å². The topological polar surface area (TPSA) is 67.4 Å². The van der Waals surface area contributed by atoms with E-state index in [1.54, 1.807) is 23.7 Å². The summed E-state index contributed by atoms with van der Waals surface area (Å²) in [4.78, 5) is 16.1. The first-order valence-electron chi connectivity index (χ1n) is 6.70.